The molecule has 0 amide bonds. The van der Waals surface area contributed by atoms with E-state index in [0.29, 0.717) is 0 Å². The molecule has 0 aliphatic heterocycles. The molecule has 0 saturated carbocycles. The van der Waals surface area contributed by atoms with Gasteiger partial charge in [-0.25, -0.2) is 0 Å². The van der Waals surface area contributed by atoms with E-state index in [0.717, 1.165) is 11.1 Å². The Hall–Kier alpha value is -1.37. The summed E-state index contributed by atoms with van der Waals surface area (Å²) in [6.07, 6.45) is 9.44. The first kappa shape index (κ1) is 11.6. The minimum absolute atomic E-state index is 1.07. The molecular formula is C12H17N. The molecular weight excluding hydrogens is 158 g/mol. The second-order valence-corrected chi connectivity index (χ2v) is 2.21. The number of hydrogen-bond acceptors (Lipinski definition) is 1. The van der Waals surface area contributed by atoms with Crippen molar-refractivity contribution in [1.82, 2.24) is 4.98 Å². The first-order valence-electron chi connectivity index (χ1n) is 4.57. The molecule has 0 saturated heterocycles. The normalized spacial score (nSPS) is 9.15. The van der Waals surface area contributed by atoms with E-state index in [4.69, 9.17) is 0 Å². The fourth-order valence-corrected chi connectivity index (χ4v) is 0.919. The maximum Gasteiger partial charge on any atom is 0.0346 e. The minimum atomic E-state index is 1.07. The minimum Gasteiger partial charge on any atom is -0.264 e. The Bertz CT molecular complexity index is 274. The largest absolute Gasteiger partial charge is 0.264 e. The van der Waals surface area contributed by atoms with E-state index in [9.17, 15) is 0 Å². The second-order valence-electron chi connectivity index (χ2n) is 2.21. The van der Waals surface area contributed by atoms with Crippen LogP contribution >= 0.6 is 0 Å². The van der Waals surface area contributed by atoms with Crippen LogP contribution < -0.4 is 0 Å². The van der Waals surface area contributed by atoms with Gasteiger partial charge in [0.25, 0.3) is 0 Å². The molecule has 0 spiro atoms. The highest BCUT2D eigenvalue weighted by atomic mass is 14.6. The van der Waals surface area contributed by atoms with Crippen LogP contribution in [0.5, 0.6) is 0 Å². The van der Waals surface area contributed by atoms with Gasteiger partial charge >= 0.3 is 0 Å². The van der Waals surface area contributed by atoms with Crippen LogP contribution in [-0.2, 0) is 0 Å². The highest BCUT2D eigenvalue weighted by molar-refractivity contribution is 5.62. The van der Waals surface area contributed by atoms with Gasteiger partial charge in [-0.3, -0.25) is 4.98 Å². The number of rotatable bonds is 2. The Balaban J connectivity index is 0.000000671. The summed E-state index contributed by atoms with van der Waals surface area (Å²) in [6, 6.07) is 1.97. The van der Waals surface area contributed by atoms with Crippen molar-refractivity contribution in [1.29, 1.82) is 0 Å². The van der Waals surface area contributed by atoms with Crippen molar-refractivity contribution >= 4 is 12.2 Å². The monoisotopic (exact) mass is 175 g/mol. The molecule has 1 aromatic rings. The lowest BCUT2D eigenvalue weighted by atomic mass is 10.1. The molecule has 0 unspecified atom stereocenters. The maximum absolute atomic E-state index is 3.99. The Morgan fingerprint density at radius 3 is 2.54 bits per heavy atom. The van der Waals surface area contributed by atoms with Crippen LogP contribution in [0.2, 0.25) is 0 Å². The standard InChI is InChI=1S/C10H11N.C2H6/c1-3-5-10-6-7-11-8-9(10)4-2;1-2/h3-8H,2H2,1H3;1-2H3/b5-3-;. The smallest absolute Gasteiger partial charge is 0.0346 e. The molecule has 1 aromatic heterocycles. The van der Waals surface area contributed by atoms with E-state index in [1.54, 1.807) is 6.20 Å². The molecule has 0 aliphatic carbocycles. The summed E-state index contributed by atoms with van der Waals surface area (Å²) in [5.74, 6) is 0. The molecule has 1 heteroatoms. The zero-order valence-electron chi connectivity index (χ0n) is 8.62. The van der Waals surface area contributed by atoms with Crippen molar-refractivity contribution in [2.24, 2.45) is 0 Å². The Morgan fingerprint density at radius 2 is 2.00 bits per heavy atom. The van der Waals surface area contributed by atoms with Crippen molar-refractivity contribution in [3.8, 4) is 0 Å². The van der Waals surface area contributed by atoms with E-state index in [2.05, 4.69) is 11.6 Å². The van der Waals surface area contributed by atoms with E-state index in [1.165, 1.54) is 0 Å². The van der Waals surface area contributed by atoms with Gasteiger partial charge in [0.1, 0.15) is 0 Å². The predicted molar refractivity (Wildman–Crippen MR) is 60.4 cm³/mol. The van der Waals surface area contributed by atoms with Crippen LogP contribution in [0.1, 0.15) is 31.9 Å². The summed E-state index contributed by atoms with van der Waals surface area (Å²) in [5.41, 5.74) is 2.24. The molecule has 0 atom stereocenters. The fourth-order valence-electron chi connectivity index (χ4n) is 0.919. The van der Waals surface area contributed by atoms with Crippen LogP contribution in [0.15, 0.2) is 31.1 Å². The van der Waals surface area contributed by atoms with Crippen molar-refractivity contribution in [3.63, 3.8) is 0 Å². The van der Waals surface area contributed by atoms with Gasteiger partial charge in [-0.1, -0.05) is 38.7 Å². The molecule has 0 bridgehead atoms. The molecule has 0 radical (unpaired) electrons. The Kier molecular flexibility index (Phi) is 6.52. The first-order chi connectivity index (χ1) is 6.38. The summed E-state index contributed by atoms with van der Waals surface area (Å²) < 4.78 is 0. The summed E-state index contributed by atoms with van der Waals surface area (Å²) in [4.78, 5) is 3.99. The van der Waals surface area contributed by atoms with Crippen LogP contribution in [-0.4, -0.2) is 4.98 Å². The van der Waals surface area contributed by atoms with E-state index < -0.39 is 0 Å². The van der Waals surface area contributed by atoms with Gasteiger partial charge in [-0.15, -0.1) is 0 Å². The van der Waals surface area contributed by atoms with Gasteiger partial charge < -0.3 is 0 Å². The van der Waals surface area contributed by atoms with Crippen molar-refractivity contribution in [3.05, 3.63) is 42.2 Å². The quantitative estimate of drug-likeness (QED) is 0.666. The van der Waals surface area contributed by atoms with Gasteiger partial charge in [0, 0.05) is 12.4 Å². The molecule has 0 N–H and O–H groups in total. The van der Waals surface area contributed by atoms with E-state index >= 15 is 0 Å². The lowest BCUT2D eigenvalue weighted by Gasteiger charge is -1.96. The van der Waals surface area contributed by atoms with E-state index in [-0.39, 0.29) is 0 Å². The average Bonchev–Trinajstić information content (AvgIpc) is 2.22. The first-order valence-corrected chi connectivity index (χ1v) is 4.57. The van der Waals surface area contributed by atoms with Gasteiger partial charge in [0.05, 0.1) is 0 Å². The molecule has 0 aliphatic rings. The Morgan fingerprint density at radius 1 is 1.31 bits per heavy atom. The highest BCUT2D eigenvalue weighted by Gasteiger charge is 1.91. The lowest BCUT2D eigenvalue weighted by molar-refractivity contribution is 1.31. The SMILES string of the molecule is C=Cc1cnccc1/C=C\C.CC. The molecule has 1 nitrogen and oxygen atoms in total. The zero-order valence-corrected chi connectivity index (χ0v) is 8.62. The third kappa shape index (κ3) is 3.70. The van der Waals surface area contributed by atoms with Crippen LogP contribution in [0.4, 0.5) is 0 Å². The van der Waals surface area contributed by atoms with Crippen LogP contribution in [0.3, 0.4) is 0 Å². The fraction of sp³-hybridized carbons (Fsp3) is 0.250. The van der Waals surface area contributed by atoms with Gasteiger partial charge in [0.15, 0.2) is 0 Å². The predicted octanol–water partition coefficient (Wildman–Crippen LogP) is 3.78. The molecule has 13 heavy (non-hydrogen) atoms. The number of hydrogen-bond donors (Lipinski definition) is 0. The van der Waals surface area contributed by atoms with Crippen molar-refractivity contribution < 1.29 is 0 Å². The highest BCUT2D eigenvalue weighted by Crippen LogP contribution is 2.09. The van der Waals surface area contributed by atoms with Crippen LogP contribution in [0.25, 0.3) is 12.2 Å². The van der Waals surface area contributed by atoms with Crippen molar-refractivity contribution in [2.45, 2.75) is 20.8 Å². The van der Waals surface area contributed by atoms with Crippen molar-refractivity contribution in [2.75, 3.05) is 0 Å². The third-order valence-corrected chi connectivity index (χ3v) is 1.45. The maximum atomic E-state index is 3.99. The summed E-state index contributed by atoms with van der Waals surface area (Å²) in [6.45, 7) is 9.69. The zero-order chi connectivity index (χ0) is 10.1. The molecule has 1 heterocycles. The number of allylic oxidation sites excluding steroid dienone is 1. The third-order valence-electron chi connectivity index (χ3n) is 1.45. The number of nitrogens with zero attached hydrogens (tertiary/aromatic N) is 1. The Labute approximate surface area is 80.8 Å². The number of aromatic nitrogens is 1. The molecule has 0 aromatic carbocycles. The van der Waals surface area contributed by atoms with Gasteiger partial charge in [0.2, 0.25) is 0 Å². The van der Waals surface area contributed by atoms with Gasteiger partial charge in [-0.05, 0) is 24.1 Å². The summed E-state index contributed by atoms with van der Waals surface area (Å²) >= 11 is 0. The lowest BCUT2D eigenvalue weighted by Crippen LogP contribution is -1.80. The van der Waals surface area contributed by atoms with Gasteiger partial charge in [-0.2, -0.15) is 0 Å². The molecule has 70 valence electrons. The van der Waals surface area contributed by atoms with Crippen LogP contribution in [0, 0.1) is 0 Å². The molecule has 0 fully saturated rings. The van der Waals surface area contributed by atoms with E-state index in [1.807, 2.05) is 51.3 Å². The summed E-state index contributed by atoms with van der Waals surface area (Å²) in [5, 5.41) is 0. The second kappa shape index (κ2) is 7.29. The number of pyridine rings is 1. The average molecular weight is 175 g/mol. The molecule has 1 rings (SSSR count). The topological polar surface area (TPSA) is 12.9 Å². The summed E-state index contributed by atoms with van der Waals surface area (Å²) in [7, 11) is 0.